The first-order valence-corrected chi connectivity index (χ1v) is 10.6. The van der Waals surface area contributed by atoms with Crippen LogP contribution in [-0.4, -0.2) is 49.9 Å². The van der Waals surface area contributed by atoms with Crippen LogP contribution >= 0.6 is 0 Å². The summed E-state index contributed by atoms with van der Waals surface area (Å²) in [6.45, 7) is 5.84. The van der Waals surface area contributed by atoms with Gasteiger partial charge >= 0.3 is 0 Å². The topological polar surface area (TPSA) is 90.9 Å². The molecule has 7 heteroatoms. The summed E-state index contributed by atoms with van der Waals surface area (Å²) in [6.07, 6.45) is 0.129. The standard InChI is InChI=1S/C24H32N4O3/c1-5-25-24(26-13-12-18-16(2)28-20-9-7-6-8-19(18)20)27-15-21(29)17-10-11-22(30-3)23(14-17)31-4/h6-11,14,21,28-29H,5,12-13,15H2,1-4H3,(H2,25,26,27). The van der Waals surface area contributed by atoms with Crippen molar-refractivity contribution in [3.8, 4) is 11.5 Å². The molecule has 1 aromatic heterocycles. The van der Waals surface area contributed by atoms with Crippen LogP contribution in [0.3, 0.4) is 0 Å². The number of fused-ring (bicyclic) bond motifs is 1. The number of para-hydroxylation sites is 1. The molecule has 0 aliphatic carbocycles. The minimum Gasteiger partial charge on any atom is -0.493 e. The second-order valence-electron chi connectivity index (χ2n) is 7.30. The van der Waals surface area contributed by atoms with Crippen molar-refractivity contribution in [1.82, 2.24) is 15.6 Å². The molecule has 0 aliphatic rings. The number of rotatable bonds is 9. The van der Waals surface area contributed by atoms with Crippen molar-refractivity contribution in [3.05, 3.63) is 59.3 Å². The Kier molecular flexibility index (Phi) is 7.78. The second kappa shape index (κ2) is 10.7. The minimum absolute atomic E-state index is 0.233. The van der Waals surface area contributed by atoms with Gasteiger partial charge in [-0.2, -0.15) is 0 Å². The molecular formula is C24H32N4O3. The maximum Gasteiger partial charge on any atom is 0.191 e. The minimum atomic E-state index is -0.744. The molecule has 31 heavy (non-hydrogen) atoms. The zero-order valence-corrected chi connectivity index (χ0v) is 18.7. The van der Waals surface area contributed by atoms with E-state index in [4.69, 9.17) is 9.47 Å². The van der Waals surface area contributed by atoms with E-state index in [1.165, 1.54) is 16.6 Å². The molecule has 166 valence electrons. The quantitative estimate of drug-likeness (QED) is 0.312. The average molecular weight is 425 g/mol. The van der Waals surface area contributed by atoms with Crippen LogP contribution < -0.4 is 20.1 Å². The Morgan fingerprint density at radius 1 is 1.10 bits per heavy atom. The van der Waals surface area contributed by atoms with E-state index >= 15 is 0 Å². The molecule has 1 atom stereocenters. The summed E-state index contributed by atoms with van der Waals surface area (Å²) >= 11 is 0. The third-order valence-corrected chi connectivity index (χ3v) is 5.25. The lowest BCUT2D eigenvalue weighted by Crippen LogP contribution is -2.38. The van der Waals surface area contributed by atoms with Crippen LogP contribution in [0, 0.1) is 6.92 Å². The molecule has 0 aliphatic heterocycles. The number of aryl methyl sites for hydroxylation is 1. The van der Waals surface area contributed by atoms with Gasteiger partial charge in [-0.25, -0.2) is 0 Å². The second-order valence-corrected chi connectivity index (χ2v) is 7.30. The van der Waals surface area contributed by atoms with E-state index in [0.717, 1.165) is 30.6 Å². The van der Waals surface area contributed by atoms with E-state index in [2.05, 4.69) is 45.7 Å². The molecule has 3 rings (SSSR count). The summed E-state index contributed by atoms with van der Waals surface area (Å²) in [7, 11) is 3.17. The van der Waals surface area contributed by atoms with Crippen molar-refractivity contribution in [3.63, 3.8) is 0 Å². The summed E-state index contributed by atoms with van der Waals surface area (Å²) in [5.74, 6) is 1.89. The number of benzene rings is 2. The fourth-order valence-electron chi connectivity index (χ4n) is 3.65. The van der Waals surface area contributed by atoms with Crippen molar-refractivity contribution in [2.75, 3.05) is 33.9 Å². The highest BCUT2D eigenvalue weighted by Crippen LogP contribution is 2.30. The van der Waals surface area contributed by atoms with Gasteiger partial charge in [0.25, 0.3) is 0 Å². The largest absolute Gasteiger partial charge is 0.493 e. The van der Waals surface area contributed by atoms with Gasteiger partial charge in [0.1, 0.15) is 0 Å². The molecular weight excluding hydrogens is 392 g/mol. The van der Waals surface area contributed by atoms with Crippen LogP contribution in [0.5, 0.6) is 11.5 Å². The lowest BCUT2D eigenvalue weighted by molar-refractivity contribution is 0.186. The van der Waals surface area contributed by atoms with Crippen LogP contribution in [0.1, 0.15) is 29.8 Å². The number of aliphatic hydroxyl groups is 1. The highest BCUT2D eigenvalue weighted by atomic mass is 16.5. The van der Waals surface area contributed by atoms with Crippen molar-refractivity contribution >= 4 is 16.9 Å². The Morgan fingerprint density at radius 3 is 2.61 bits per heavy atom. The molecule has 7 nitrogen and oxygen atoms in total. The normalized spacial score (nSPS) is 12.6. The predicted molar refractivity (Wildman–Crippen MR) is 125 cm³/mol. The van der Waals surface area contributed by atoms with Crippen molar-refractivity contribution in [1.29, 1.82) is 0 Å². The Hall–Kier alpha value is -3.19. The Labute approximate surface area is 183 Å². The number of aromatic amines is 1. The van der Waals surface area contributed by atoms with Gasteiger partial charge in [-0.1, -0.05) is 24.3 Å². The molecule has 2 aromatic carbocycles. The third kappa shape index (κ3) is 5.49. The van der Waals surface area contributed by atoms with E-state index in [-0.39, 0.29) is 6.54 Å². The van der Waals surface area contributed by atoms with Crippen LogP contribution in [0.25, 0.3) is 10.9 Å². The first kappa shape index (κ1) is 22.5. The van der Waals surface area contributed by atoms with Gasteiger partial charge in [0.05, 0.1) is 26.9 Å². The number of aliphatic hydroxyl groups excluding tert-OH is 1. The number of nitrogens with zero attached hydrogens (tertiary/aromatic N) is 1. The highest BCUT2D eigenvalue weighted by molar-refractivity contribution is 5.84. The zero-order valence-electron chi connectivity index (χ0n) is 18.7. The number of nitrogens with one attached hydrogen (secondary N) is 3. The molecule has 0 saturated heterocycles. The zero-order chi connectivity index (χ0) is 22.2. The molecule has 1 heterocycles. The van der Waals surface area contributed by atoms with E-state index in [1.54, 1.807) is 26.4 Å². The smallest absolute Gasteiger partial charge is 0.191 e. The fourth-order valence-corrected chi connectivity index (χ4v) is 3.65. The van der Waals surface area contributed by atoms with Gasteiger partial charge in [0.15, 0.2) is 17.5 Å². The molecule has 0 saturated carbocycles. The Balaban J connectivity index is 1.62. The van der Waals surface area contributed by atoms with Gasteiger partial charge in [-0.3, -0.25) is 4.99 Å². The SMILES string of the molecule is CCNC(=NCC(O)c1ccc(OC)c(OC)c1)NCCc1c(C)[nH]c2ccccc12. The van der Waals surface area contributed by atoms with Gasteiger partial charge in [0.2, 0.25) is 0 Å². The van der Waals surface area contributed by atoms with Crippen LogP contribution in [0.2, 0.25) is 0 Å². The van der Waals surface area contributed by atoms with Crippen LogP contribution in [0.4, 0.5) is 0 Å². The first-order chi connectivity index (χ1) is 15.1. The summed E-state index contributed by atoms with van der Waals surface area (Å²) in [4.78, 5) is 8.00. The number of aliphatic imine (C=N–C) groups is 1. The number of guanidine groups is 1. The number of aromatic nitrogens is 1. The molecule has 1 unspecified atom stereocenters. The van der Waals surface area contributed by atoms with E-state index in [0.29, 0.717) is 17.5 Å². The van der Waals surface area contributed by atoms with E-state index in [1.807, 2.05) is 19.1 Å². The molecule has 4 N–H and O–H groups in total. The predicted octanol–water partition coefficient (Wildman–Crippen LogP) is 3.32. The number of hydrogen-bond donors (Lipinski definition) is 4. The first-order valence-electron chi connectivity index (χ1n) is 10.6. The van der Waals surface area contributed by atoms with Gasteiger partial charge in [-0.05, 0) is 49.6 Å². The molecule has 0 radical (unpaired) electrons. The summed E-state index contributed by atoms with van der Waals surface area (Å²) in [5, 5.41) is 18.5. The third-order valence-electron chi connectivity index (χ3n) is 5.25. The maximum absolute atomic E-state index is 10.6. The van der Waals surface area contributed by atoms with Gasteiger partial charge in [-0.15, -0.1) is 0 Å². The van der Waals surface area contributed by atoms with Gasteiger partial charge < -0.3 is 30.2 Å². The van der Waals surface area contributed by atoms with Crippen LogP contribution in [0.15, 0.2) is 47.5 Å². The summed E-state index contributed by atoms with van der Waals surface area (Å²) < 4.78 is 10.6. The number of methoxy groups -OCH3 is 2. The Morgan fingerprint density at radius 2 is 1.87 bits per heavy atom. The number of hydrogen-bond acceptors (Lipinski definition) is 4. The molecule has 3 aromatic rings. The lowest BCUT2D eigenvalue weighted by Gasteiger charge is -2.15. The highest BCUT2D eigenvalue weighted by Gasteiger charge is 2.12. The monoisotopic (exact) mass is 424 g/mol. The summed E-state index contributed by atoms with van der Waals surface area (Å²) in [5.41, 5.74) is 4.39. The average Bonchev–Trinajstić information content (AvgIpc) is 3.11. The van der Waals surface area contributed by atoms with Crippen molar-refractivity contribution in [2.45, 2.75) is 26.4 Å². The number of H-pyrrole nitrogens is 1. The molecule has 0 spiro atoms. The van der Waals surface area contributed by atoms with Gasteiger partial charge in [0, 0.05) is 29.7 Å². The Bertz CT molecular complexity index is 1030. The molecule has 0 bridgehead atoms. The van der Waals surface area contributed by atoms with E-state index < -0.39 is 6.10 Å². The molecule has 0 fully saturated rings. The molecule has 0 amide bonds. The number of ether oxygens (including phenoxy) is 2. The van der Waals surface area contributed by atoms with Crippen molar-refractivity contribution < 1.29 is 14.6 Å². The summed E-state index contributed by atoms with van der Waals surface area (Å²) in [6, 6.07) is 13.7. The van der Waals surface area contributed by atoms with Crippen LogP contribution in [-0.2, 0) is 6.42 Å². The lowest BCUT2D eigenvalue weighted by atomic mass is 10.1. The maximum atomic E-state index is 10.6. The fraction of sp³-hybridized carbons (Fsp3) is 0.375. The van der Waals surface area contributed by atoms with E-state index in [9.17, 15) is 5.11 Å². The van der Waals surface area contributed by atoms with Crippen molar-refractivity contribution in [2.24, 2.45) is 4.99 Å².